The van der Waals surface area contributed by atoms with Gasteiger partial charge in [-0.1, -0.05) is 24.3 Å². The van der Waals surface area contributed by atoms with E-state index >= 15 is 0 Å². The molecule has 7 heteroatoms. The number of carbonyl (C=O) groups excluding carboxylic acids is 1. The van der Waals surface area contributed by atoms with Crippen molar-refractivity contribution in [2.45, 2.75) is 36.8 Å². The summed E-state index contributed by atoms with van der Waals surface area (Å²) in [5, 5.41) is 4.77. The van der Waals surface area contributed by atoms with Crippen molar-refractivity contribution in [1.29, 1.82) is 0 Å². The van der Waals surface area contributed by atoms with Crippen LogP contribution in [0.1, 0.15) is 51.0 Å². The first kappa shape index (κ1) is 19.0. The Labute approximate surface area is 168 Å². The van der Waals surface area contributed by atoms with Crippen molar-refractivity contribution in [2.24, 2.45) is 0 Å². The monoisotopic (exact) mass is 415 g/mol. The minimum absolute atomic E-state index is 0.0139. The van der Waals surface area contributed by atoms with E-state index in [9.17, 15) is 13.2 Å². The van der Waals surface area contributed by atoms with Gasteiger partial charge in [-0.3, -0.25) is 4.79 Å². The Morgan fingerprint density at radius 3 is 2.57 bits per heavy atom. The van der Waals surface area contributed by atoms with Crippen molar-refractivity contribution in [3.05, 3.63) is 75.2 Å². The minimum Gasteiger partial charge on any atom is -0.440 e. The fraction of sp³-hybridized carbons (Fsp3) is 0.286. The van der Waals surface area contributed by atoms with Gasteiger partial charge in [-0.25, -0.2) is 8.42 Å². The summed E-state index contributed by atoms with van der Waals surface area (Å²) in [5.41, 5.74) is 3.75. The first-order valence-corrected chi connectivity index (χ1v) is 11.9. The lowest BCUT2D eigenvalue weighted by atomic mass is 9.89. The fourth-order valence-corrected chi connectivity index (χ4v) is 4.91. The van der Waals surface area contributed by atoms with Crippen molar-refractivity contribution in [3.63, 3.8) is 0 Å². The van der Waals surface area contributed by atoms with E-state index in [0.29, 0.717) is 0 Å². The second kappa shape index (κ2) is 7.56. The largest absolute Gasteiger partial charge is 0.440 e. The van der Waals surface area contributed by atoms with Crippen LogP contribution in [0.2, 0.25) is 0 Å². The van der Waals surface area contributed by atoms with Crippen LogP contribution < -0.4 is 5.32 Å². The number of aryl methyl sites for hydroxylation is 2. The number of fused-ring (bicyclic) bond motifs is 1. The standard InChI is InChI=1S/C21H21NO4S2/c1-28(24,25)19-11-10-17(26-19)21(23)22-20(18-7-4-12-27-18)16-9-8-14-5-2-3-6-15(14)13-16/h4,7-13,20H,2-3,5-6H2,1H3,(H,22,23). The van der Waals surface area contributed by atoms with E-state index in [-0.39, 0.29) is 16.9 Å². The Kier molecular flexibility index (Phi) is 5.12. The molecule has 0 bridgehead atoms. The molecule has 2 heterocycles. The lowest BCUT2D eigenvalue weighted by Crippen LogP contribution is -2.28. The van der Waals surface area contributed by atoms with Gasteiger partial charge in [0.15, 0.2) is 5.76 Å². The molecule has 146 valence electrons. The van der Waals surface area contributed by atoms with Crippen LogP contribution in [0, 0.1) is 0 Å². The summed E-state index contributed by atoms with van der Waals surface area (Å²) in [5.74, 6) is -0.453. The van der Waals surface area contributed by atoms with Crippen LogP contribution >= 0.6 is 11.3 Å². The van der Waals surface area contributed by atoms with Gasteiger partial charge in [-0.05, 0) is 66.0 Å². The summed E-state index contributed by atoms with van der Waals surface area (Å²) in [7, 11) is -3.49. The molecule has 3 aromatic rings. The van der Waals surface area contributed by atoms with Gasteiger partial charge in [0.25, 0.3) is 5.91 Å². The average molecular weight is 416 g/mol. The molecule has 0 saturated heterocycles. The van der Waals surface area contributed by atoms with Crippen molar-refractivity contribution < 1.29 is 17.6 Å². The highest BCUT2D eigenvalue weighted by molar-refractivity contribution is 7.90. The maximum atomic E-state index is 12.8. The van der Waals surface area contributed by atoms with Gasteiger partial charge in [0.05, 0.1) is 6.04 Å². The Bertz CT molecular complexity index is 1100. The number of hydrogen-bond donors (Lipinski definition) is 1. The number of thiophene rings is 1. The first-order chi connectivity index (χ1) is 13.4. The number of carbonyl (C=O) groups is 1. The molecule has 1 unspecified atom stereocenters. The second-order valence-corrected chi connectivity index (χ2v) is 9.97. The third kappa shape index (κ3) is 3.91. The fourth-order valence-electron chi connectivity index (χ4n) is 3.55. The quantitative estimate of drug-likeness (QED) is 0.679. The van der Waals surface area contributed by atoms with Crippen LogP contribution in [0.3, 0.4) is 0 Å². The topological polar surface area (TPSA) is 76.4 Å². The zero-order valence-electron chi connectivity index (χ0n) is 15.5. The molecule has 0 aliphatic heterocycles. The molecular formula is C21H21NO4S2. The lowest BCUT2D eigenvalue weighted by Gasteiger charge is -2.21. The van der Waals surface area contributed by atoms with E-state index in [1.54, 1.807) is 11.3 Å². The Hall–Kier alpha value is -2.38. The zero-order chi connectivity index (χ0) is 19.7. The molecule has 1 amide bonds. The summed E-state index contributed by atoms with van der Waals surface area (Å²) < 4.78 is 28.5. The molecule has 1 aliphatic carbocycles. The molecule has 4 rings (SSSR count). The lowest BCUT2D eigenvalue weighted by molar-refractivity contribution is 0.0910. The van der Waals surface area contributed by atoms with Crippen molar-refractivity contribution >= 4 is 27.1 Å². The maximum Gasteiger partial charge on any atom is 0.287 e. The highest BCUT2D eigenvalue weighted by Crippen LogP contribution is 2.30. The average Bonchev–Trinajstić information content (AvgIpc) is 3.37. The van der Waals surface area contributed by atoms with Crippen molar-refractivity contribution in [1.82, 2.24) is 5.32 Å². The van der Waals surface area contributed by atoms with Crippen LogP contribution in [0.15, 0.2) is 57.4 Å². The molecule has 0 fully saturated rings. The van der Waals surface area contributed by atoms with E-state index in [1.165, 1.54) is 36.1 Å². The Balaban J connectivity index is 1.64. The molecule has 1 N–H and O–H groups in total. The molecule has 0 spiro atoms. The zero-order valence-corrected chi connectivity index (χ0v) is 17.1. The summed E-state index contributed by atoms with van der Waals surface area (Å²) in [6.07, 6.45) is 5.62. The summed E-state index contributed by atoms with van der Waals surface area (Å²) in [6.45, 7) is 0. The number of nitrogens with one attached hydrogen (secondary N) is 1. The molecule has 28 heavy (non-hydrogen) atoms. The highest BCUT2D eigenvalue weighted by atomic mass is 32.2. The molecule has 1 aliphatic rings. The second-order valence-electron chi connectivity index (χ2n) is 7.05. The van der Waals surface area contributed by atoms with E-state index in [4.69, 9.17) is 4.42 Å². The van der Waals surface area contributed by atoms with E-state index in [0.717, 1.165) is 29.5 Å². The van der Waals surface area contributed by atoms with E-state index in [2.05, 4.69) is 23.5 Å². The predicted octanol–water partition coefficient (Wildman–Crippen LogP) is 4.14. The number of hydrogen-bond acceptors (Lipinski definition) is 5. The number of sulfone groups is 1. The van der Waals surface area contributed by atoms with Gasteiger partial charge >= 0.3 is 0 Å². The van der Waals surface area contributed by atoms with Crippen molar-refractivity contribution in [2.75, 3.05) is 6.26 Å². The normalized spacial score (nSPS) is 15.0. The van der Waals surface area contributed by atoms with Gasteiger partial charge in [-0.15, -0.1) is 11.3 Å². The van der Waals surface area contributed by atoms with Crippen LogP contribution in [-0.2, 0) is 22.7 Å². The Morgan fingerprint density at radius 2 is 1.89 bits per heavy atom. The number of amides is 1. The smallest absolute Gasteiger partial charge is 0.287 e. The van der Waals surface area contributed by atoms with Crippen LogP contribution in [0.4, 0.5) is 0 Å². The van der Waals surface area contributed by atoms with Crippen LogP contribution in [-0.4, -0.2) is 20.6 Å². The number of furan rings is 1. The van der Waals surface area contributed by atoms with Crippen LogP contribution in [0.5, 0.6) is 0 Å². The van der Waals surface area contributed by atoms with E-state index in [1.807, 2.05) is 17.5 Å². The summed E-state index contributed by atoms with van der Waals surface area (Å²) in [4.78, 5) is 13.8. The molecule has 0 saturated carbocycles. The number of benzene rings is 1. The number of rotatable bonds is 5. The Morgan fingerprint density at radius 1 is 1.11 bits per heavy atom. The first-order valence-electron chi connectivity index (χ1n) is 9.18. The molecule has 2 aromatic heterocycles. The molecule has 1 aromatic carbocycles. The SMILES string of the molecule is CS(=O)(=O)c1ccc(C(=O)NC(c2ccc3c(c2)CCCC3)c2cccs2)o1. The van der Waals surface area contributed by atoms with Gasteiger partial charge < -0.3 is 9.73 Å². The third-order valence-electron chi connectivity index (χ3n) is 4.98. The van der Waals surface area contributed by atoms with Crippen LogP contribution in [0.25, 0.3) is 0 Å². The molecular weight excluding hydrogens is 394 g/mol. The minimum atomic E-state index is -3.49. The molecule has 5 nitrogen and oxygen atoms in total. The third-order valence-corrected chi connectivity index (χ3v) is 6.87. The van der Waals surface area contributed by atoms with Gasteiger partial charge in [0.1, 0.15) is 0 Å². The molecule has 0 radical (unpaired) electrons. The summed E-state index contributed by atoms with van der Waals surface area (Å²) >= 11 is 1.57. The van der Waals surface area contributed by atoms with Gasteiger partial charge in [-0.2, -0.15) is 0 Å². The maximum absolute atomic E-state index is 12.8. The summed E-state index contributed by atoms with van der Waals surface area (Å²) in [6, 6.07) is 12.7. The van der Waals surface area contributed by atoms with Gasteiger partial charge in [0, 0.05) is 11.1 Å². The predicted molar refractivity (Wildman–Crippen MR) is 109 cm³/mol. The van der Waals surface area contributed by atoms with Gasteiger partial charge in [0.2, 0.25) is 14.9 Å². The van der Waals surface area contributed by atoms with Crippen molar-refractivity contribution in [3.8, 4) is 0 Å². The molecule has 1 atom stereocenters. The van der Waals surface area contributed by atoms with E-state index < -0.39 is 15.7 Å². The highest BCUT2D eigenvalue weighted by Gasteiger charge is 2.23.